The molecular formula is C71H126O16P2. The smallest absolute Gasteiger partial charge is 0.463 e. The van der Waals surface area contributed by atoms with E-state index in [2.05, 4.69) is 106 Å². The van der Waals surface area contributed by atoms with E-state index in [-0.39, 0.29) is 19.3 Å². The molecule has 0 spiro atoms. The summed E-state index contributed by atoms with van der Waals surface area (Å²) in [5, 5.41) is 20.5. The molecule has 0 rings (SSSR count). The lowest BCUT2D eigenvalue weighted by atomic mass is 10.0. The van der Waals surface area contributed by atoms with Crippen LogP contribution in [0.1, 0.15) is 290 Å². The SMILES string of the molecule is CCCCC/C=C\C/C=C\C/C=C\C/C=C\CCCCCCCC(=O)OCC(O)COP(=O)(O)OCC(O)COP(=O)(O)OCC(COC(=O)CCCCCCCC/C=C\C/C=C\C/C=C\CCCCC)OC(=O)CCCCCCCCCCCCCCC. The summed E-state index contributed by atoms with van der Waals surface area (Å²) in [5.74, 6) is -1.60. The van der Waals surface area contributed by atoms with Crippen molar-refractivity contribution in [2.45, 2.75) is 309 Å². The zero-order chi connectivity index (χ0) is 65.3. The second kappa shape index (κ2) is 64.8. The van der Waals surface area contributed by atoms with Crippen molar-refractivity contribution in [1.29, 1.82) is 0 Å². The first-order chi connectivity index (χ1) is 43.2. The number of carbonyl (C=O) groups excluding carboxylic acids is 3. The van der Waals surface area contributed by atoms with Crippen LogP contribution in [0.3, 0.4) is 0 Å². The van der Waals surface area contributed by atoms with Crippen molar-refractivity contribution in [3.63, 3.8) is 0 Å². The quantitative estimate of drug-likeness (QED) is 0.0146. The Morgan fingerprint density at radius 3 is 0.910 bits per heavy atom. The molecule has 16 nitrogen and oxygen atoms in total. The van der Waals surface area contributed by atoms with Crippen LogP contribution in [0.25, 0.3) is 0 Å². The van der Waals surface area contributed by atoms with E-state index < -0.39 is 91.5 Å². The number of allylic oxidation sites excluding steroid dienone is 14. The summed E-state index contributed by atoms with van der Waals surface area (Å²) >= 11 is 0. The van der Waals surface area contributed by atoms with E-state index in [9.17, 15) is 43.5 Å². The zero-order valence-electron chi connectivity index (χ0n) is 55.8. The maximum Gasteiger partial charge on any atom is 0.472 e. The van der Waals surface area contributed by atoms with E-state index in [1.54, 1.807) is 0 Å². The highest BCUT2D eigenvalue weighted by molar-refractivity contribution is 7.47. The Kier molecular flexibility index (Phi) is 62.4. The molecule has 0 aliphatic heterocycles. The monoisotopic (exact) mass is 1300 g/mol. The third-order valence-electron chi connectivity index (χ3n) is 14.6. The predicted molar refractivity (Wildman–Crippen MR) is 362 cm³/mol. The summed E-state index contributed by atoms with van der Waals surface area (Å²) in [4.78, 5) is 58.4. The molecule has 0 aliphatic carbocycles. The number of phosphoric ester groups is 2. The van der Waals surface area contributed by atoms with Crippen LogP contribution in [0.15, 0.2) is 85.1 Å². The van der Waals surface area contributed by atoms with Gasteiger partial charge in [0.15, 0.2) is 6.10 Å². The third kappa shape index (κ3) is 66.0. The van der Waals surface area contributed by atoms with Crippen LogP contribution in [-0.2, 0) is 55.8 Å². The number of aliphatic hydroxyl groups is 2. The van der Waals surface area contributed by atoms with Gasteiger partial charge in [-0.15, -0.1) is 0 Å². The highest BCUT2D eigenvalue weighted by atomic mass is 31.2. The number of hydrogen-bond acceptors (Lipinski definition) is 14. The van der Waals surface area contributed by atoms with Crippen LogP contribution in [-0.4, -0.2) is 95.9 Å². The Bertz CT molecular complexity index is 1970. The van der Waals surface area contributed by atoms with Crippen molar-refractivity contribution < 1.29 is 75.8 Å². The van der Waals surface area contributed by atoms with Gasteiger partial charge >= 0.3 is 33.6 Å². The maximum absolute atomic E-state index is 12.9. The summed E-state index contributed by atoms with van der Waals surface area (Å²) in [7, 11) is -9.78. The Morgan fingerprint density at radius 1 is 0.315 bits per heavy atom. The van der Waals surface area contributed by atoms with Gasteiger partial charge in [-0.25, -0.2) is 9.13 Å². The topological polar surface area (TPSA) is 231 Å². The minimum absolute atomic E-state index is 0.104. The molecule has 4 N–H and O–H groups in total. The summed E-state index contributed by atoms with van der Waals surface area (Å²) in [6.07, 6.45) is 69.1. The fourth-order valence-electron chi connectivity index (χ4n) is 9.21. The van der Waals surface area contributed by atoms with Gasteiger partial charge in [0.05, 0.1) is 26.4 Å². The highest BCUT2D eigenvalue weighted by Crippen LogP contribution is 2.45. The second-order valence-corrected chi connectivity index (χ2v) is 26.2. The van der Waals surface area contributed by atoms with Crippen LogP contribution < -0.4 is 0 Å². The lowest BCUT2D eigenvalue weighted by Crippen LogP contribution is -2.30. The number of hydrogen-bond donors (Lipinski definition) is 4. The van der Waals surface area contributed by atoms with Crippen molar-refractivity contribution in [3.05, 3.63) is 85.1 Å². The zero-order valence-corrected chi connectivity index (χ0v) is 57.6. The Morgan fingerprint density at radius 2 is 0.562 bits per heavy atom. The van der Waals surface area contributed by atoms with E-state index in [1.807, 2.05) is 0 Å². The summed E-state index contributed by atoms with van der Waals surface area (Å²) < 4.78 is 60.9. The van der Waals surface area contributed by atoms with Crippen LogP contribution in [0.2, 0.25) is 0 Å². The summed E-state index contributed by atoms with van der Waals surface area (Å²) in [5.41, 5.74) is 0. The molecule has 0 aromatic heterocycles. The van der Waals surface area contributed by atoms with Gasteiger partial charge in [-0.3, -0.25) is 32.5 Å². The molecule has 0 amide bonds. The van der Waals surface area contributed by atoms with Gasteiger partial charge in [-0.1, -0.05) is 254 Å². The lowest BCUT2D eigenvalue weighted by Gasteiger charge is -2.21. The fraction of sp³-hybridized carbons (Fsp3) is 0.761. The number of esters is 3. The van der Waals surface area contributed by atoms with E-state index in [0.29, 0.717) is 19.3 Å². The molecule has 0 saturated heterocycles. The molecule has 18 heteroatoms. The molecule has 5 atom stereocenters. The van der Waals surface area contributed by atoms with Crippen molar-refractivity contribution in [2.75, 3.05) is 39.6 Å². The molecule has 0 aliphatic rings. The molecule has 0 radical (unpaired) electrons. The number of rotatable bonds is 66. The van der Waals surface area contributed by atoms with Gasteiger partial charge in [-0.2, -0.15) is 0 Å². The van der Waals surface area contributed by atoms with E-state index in [1.165, 1.54) is 96.3 Å². The van der Waals surface area contributed by atoms with Crippen LogP contribution >= 0.6 is 15.6 Å². The molecule has 0 bridgehead atoms. The molecule has 516 valence electrons. The Labute approximate surface area is 540 Å². The van der Waals surface area contributed by atoms with Gasteiger partial charge in [0.1, 0.15) is 25.4 Å². The average molecular weight is 1300 g/mol. The lowest BCUT2D eigenvalue weighted by molar-refractivity contribution is -0.161. The second-order valence-electron chi connectivity index (χ2n) is 23.3. The van der Waals surface area contributed by atoms with Crippen molar-refractivity contribution >= 4 is 33.6 Å². The van der Waals surface area contributed by atoms with Gasteiger partial charge in [0, 0.05) is 19.3 Å². The van der Waals surface area contributed by atoms with E-state index in [4.69, 9.17) is 32.3 Å². The third-order valence-corrected chi connectivity index (χ3v) is 16.5. The standard InChI is InChI=1S/C71H126O16P2/c1-4-7-10-13-16-19-22-25-27-29-31-32-34-36-37-40-42-45-48-51-54-57-69(74)81-60-66(72)61-83-88(77,78)84-62-67(73)63-85-89(79,80)86-65-68(87-71(76)59-56-53-50-47-44-39-24-21-18-15-12-9-6-3)64-82-70(75)58-55-52-49-46-43-41-38-35-33-30-28-26-23-20-17-14-11-8-5-2/h16-17,19-20,25-28,31-33,35-37,66-68,72-73H,4-15,18,21-24,29-30,34,38-65H2,1-3H3,(H,77,78)(H,79,80)/b19-16-,20-17-,27-25-,28-26-,32-31-,35-33-,37-36-. The van der Waals surface area contributed by atoms with E-state index >= 15 is 0 Å². The van der Waals surface area contributed by atoms with Crippen LogP contribution in [0.5, 0.6) is 0 Å². The first-order valence-electron chi connectivity index (χ1n) is 34.9. The minimum Gasteiger partial charge on any atom is -0.463 e. The number of carbonyl (C=O) groups is 3. The number of phosphoric acid groups is 2. The predicted octanol–water partition coefficient (Wildman–Crippen LogP) is 19.3. The number of unbranched alkanes of at least 4 members (excludes halogenated alkanes) is 29. The van der Waals surface area contributed by atoms with Gasteiger partial charge in [0.2, 0.25) is 0 Å². The summed E-state index contributed by atoms with van der Waals surface area (Å²) in [6, 6.07) is 0. The van der Waals surface area contributed by atoms with E-state index in [0.717, 1.165) is 135 Å². The molecule has 0 saturated carbocycles. The molecule has 0 aromatic rings. The number of aliphatic hydroxyl groups excluding tert-OH is 2. The molecule has 5 unspecified atom stereocenters. The number of ether oxygens (including phenoxy) is 3. The van der Waals surface area contributed by atoms with Crippen LogP contribution in [0.4, 0.5) is 0 Å². The minimum atomic E-state index is -4.92. The molecule has 89 heavy (non-hydrogen) atoms. The van der Waals surface area contributed by atoms with Gasteiger partial charge < -0.3 is 34.2 Å². The van der Waals surface area contributed by atoms with Crippen molar-refractivity contribution in [1.82, 2.24) is 0 Å². The Hall–Kier alpha value is -3.27. The van der Waals surface area contributed by atoms with Gasteiger partial charge in [-0.05, 0) is 103 Å². The van der Waals surface area contributed by atoms with Crippen molar-refractivity contribution in [2.24, 2.45) is 0 Å². The van der Waals surface area contributed by atoms with Crippen molar-refractivity contribution in [3.8, 4) is 0 Å². The Balaban J connectivity index is 4.64. The maximum atomic E-state index is 12.9. The highest BCUT2D eigenvalue weighted by Gasteiger charge is 2.29. The fourth-order valence-corrected chi connectivity index (χ4v) is 10.8. The largest absolute Gasteiger partial charge is 0.472 e. The van der Waals surface area contributed by atoms with Crippen LogP contribution in [0, 0.1) is 0 Å². The van der Waals surface area contributed by atoms with Gasteiger partial charge in [0.25, 0.3) is 0 Å². The summed E-state index contributed by atoms with van der Waals surface area (Å²) in [6.45, 7) is 2.59. The molecular weight excluding hydrogens is 1170 g/mol. The molecule has 0 aromatic carbocycles. The first kappa shape index (κ1) is 85.7. The normalized spacial score (nSPS) is 14.7. The molecule has 0 fully saturated rings. The molecule has 0 heterocycles. The first-order valence-corrected chi connectivity index (χ1v) is 37.9. The average Bonchev–Trinajstić information content (AvgIpc) is 3.55.